The van der Waals surface area contributed by atoms with Crippen molar-refractivity contribution in [2.24, 2.45) is 5.92 Å². The molecule has 6 nitrogen and oxygen atoms in total. The van der Waals surface area contributed by atoms with Crippen molar-refractivity contribution < 1.29 is 19.4 Å². The Balaban J connectivity index is 1.82. The summed E-state index contributed by atoms with van der Waals surface area (Å²) in [5.41, 5.74) is 3.44. The number of fused-ring (bicyclic) bond motifs is 1. The van der Waals surface area contributed by atoms with Gasteiger partial charge in [-0.1, -0.05) is 6.07 Å². The molecular formula is C18H22N2O4. The van der Waals surface area contributed by atoms with Gasteiger partial charge in [0.05, 0.1) is 6.61 Å². The lowest BCUT2D eigenvalue weighted by molar-refractivity contribution is -0.142. The zero-order chi connectivity index (χ0) is 17.3. The minimum atomic E-state index is -1.03. The molecule has 1 fully saturated rings. The molecule has 128 valence electrons. The van der Waals surface area contributed by atoms with E-state index in [0.29, 0.717) is 18.9 Å². The first-order valence-corrected chi connectivity index (χ1v) is 8.17. The summed E-state index contributed by atoms with van der Waals surface area (Å²) in [6.07, 6.45) is 1.55. The molecule has 1 aliphatic rings. The standard InChI is InChI=1S/C18H22N2O4/c1-10-6-11(2)13-8-15(19-14(13)7-10)17(21)20-16(18(22)23)12-4-3-5-24-9-12/h6-8,12,16,19H,3-5,9H2,1-2H3,(H,20,21)(H,22,23). The summed E-state index contributed by atoms with van der Waals surface area (Å²) in [5, 5.41) is 13.1. The number of hydrogen-bond donors (Lipinski definition) is 3. The van der Waals surface area contributed by atoms with Crippen LogP contribution in [0, 0.1) is 19.8 Å². The van der Waals surface area contributed by atoms with E-state index in [-0.39, 0.29) is 5.92 Å². The fourth-order valence-corrected chi connectivity index (χ4v) is 3.35. The monoisotopic (exact) mass is 330 g/mol. The van der Waals surface area contributed by atoms with Crippen LogP contribution in [-0.4, -0.2) is 41.2 Å². The summed E-state index contributed by atoms with van der Waals surface area (Å²) in [6, 6.07) is 4.86. The van der Waals surface area contributed by atoms with E-state index in [1.54, 1.807) is 6.07 Å². The van der Waals surface area contributed by atoms with Crippen LogP contribution in [0.5, 0.6) is 0 Å². The number of aromatic amines is 1. The Morgan fingerprint density at radius 1 is 1.33 bits per heavy atom. The predicted octanol–water partition coefficient (Wildman–Crippen LogP) is 2.39. The Kier molecular flexibility index (Phi) is 4.57. The molecule has 3 N–H and O–H groups in total. The number of ether oxygens (including phenoxy) is 1. The van der Waals surface area contributed by atoms with Crippen molar-refractivity contribution in [1.29, 1.82) is 0 Å². The number of rotatable bonds is 4. The SMILES string of the molecule is Cc1cc(C)c2cc(C(=O)NC(C(=O)O)C3CCCOC3)[nH]c2c1. The minimum Gasteiger partial charge on any atom is -0.480 e. The van der Waals surface area contributed by atoms with E-state index in [2.05, 4.69) is 16.4 Å². The van der Waals surface area contributed by atoms with Crippen molar-refractivity contribution in [2.75, 3.05) is 13.2 Å². The first kappa shape index (κ1) is 16.5. The molecule has 0 saturated carbocycles. The molecule has 1 aromatic carbocycles. The summed E-state index contributed by atoms with van der Waals surface area (Å²) in [7, 11) is 0. The van der Waals surface area contributed by atoms with Gasteiger partial charge in [0.15, 0.2) is 0 Å². The quantitative estimate of drug-likeness (QED) is 0.803. The number of aromatic nitrogens is 1. The van der Waals surface area contributed by atoms with Crippen LogP contribution in [0.3, 0.4) is 0 Å². The van der Waals surface area contributed by atoms with Gasteiger partial charge in [0.2, 0.25) is 0 Å². The van der Waals surface area contributed by atoms with Gasteiger partial charge in [-0.25, -0.2) is 4.79 Å². The number of amides is 1. The van der Waals surface area contributed by atoms with E-state index in [1.807, 2.05) is 19.9 Å². The fourth-order valence-electron chi connectivity index (χ4n) is 3.35. The molecule has 1 aliphatic heterocycles. The van der Waals surface area contributed by atoms with Gasteiger partial charge in [0.1, 0.15) is 11.7 Å². The second kappa shape index (κ2) is 6.65. The fraction of sp³-hybridized carbons (Fsp3) is 0.444. The lowest BCUT2D eigenvalue weighted by Crippen LogP contribution is -2.48. The Hall–Kier alpha value is -2.34. The molecule has 0 bridgehead atoms. The summed E-state index contributed by atoms with van der Waals surface area (Å²) < 4.78 is 5.35. The summed E-state index contributed by atoms with van der Waals surface area (Å²) in [4.78, 5) is 27.2. The molecular weight excluding hydrogens is 308 g/mol. The molecule has 0 radical (unpaired) electrons. The highest BCUT2D eigenvalue weighted by Crippen LogP contribution is 2.22. The normalized spacial score (nSPS) is 19.2. The van der Waals surface area contributed by atoms with Crippen LogP contribution < -0.4 is 5.32 Å². The number of carboxylic acid groups (broad SMARTS) is 1. The van der Waals surface area contributed by atoms with Crippen molar-refractivity contribution >= 4 is 22.8 Å². The van der Waals surface area contributed by atoms with Crippen LogP contribution in [-0.2, 0) is 9.53 Å². The lowest BCUT2D eigenvalue weighted by Gasteiger charge is -2.27. The largest absolute Gasteiger partial charge is 0.480 e. The van der Waals surface area contributed by atoms with Gasteiger partial charge < -0.3 is 20.1 Å². The summed E-state index contributed by atoms with van der Waals surface area (Å²) >= 11 is 0. The van der Waals surface area contributed by atoms with Crippen LogP contribution in [0.25, 0.3) is 10.9 Å². The number of nitrogens with one attached hydrogen (secondary N) is 2. The number of carboxylic acids is 1. The lowest BCUT2D eigenvalue weighted by atomic mass is 9.93. The second-order valence-corrected chi connectivity index (χ2v) is 6.49. The van der Waals surface area contributed by atoms with E-state index in [4.69, 9.17) is 4.74 Å². The first-order chi connectivity index (χ1) is 11.5. The van der Waals surface area contributed by atoms with Crippen LogP contribution in [0.2, 0.25) is 0 Å². The third kappa shape index (κ3) is 3.28. The Morgan fingerprint density at radius 2 is 2.12 bits per heavy atom. The smallest absolute Gasteiger partial charge is 0.326 e. The zero-order valence-electron chi connectivity index (χ0n) is 13.9. The van der Waals surface area contributed by atoms with Crippen LogP contribution in [0.15, 0.2) is 18.2 Å². The molecule has 2 heterocycles. The number of hydrogen-bond acceptors (Lipinski definition) is 3. The third-order valence-corrected chi connectivity index (χ3v) is 4.55. The number of carbonyl (C=O) groups excluding carboxylic acids is 1. The van der Waals surface area contributed by atoms with Gasteiger partial charge >= 0.3 is 5.97 Å². The number of aryl methyl sites for hydroxylation is 2. The van der Waals surface area contributed by atoms with Crippen molar-refractivity contribution in [3.05, 3.63) is 35.0 Å². The van der Waals surface area contributed by atoms with Gasteiger partial charge in [-0.3, -0.25) is 4.79 Å². The number of H-pyrrole nitrogens is 1. The number of benzene rings is 1. The molecule has 6 heteroatoms. The number of aliphatic carboxylic acids is 1. The van der Waals surface area contributed by atoms with Gasteiger partial charge in [0, 0.05) is 23.4 Å². The topological polar surface area (TPSA) is 91.4 Å². The molecule has 3 rings (SSSR count). The van der Waals surface area contributed by atoms with Gasteiger partial charge in [0.25, 0.3) is 5.91 Å². The van der Waals surface area contributed by atoms with E-state index in [0.717, 1.165) is 34.9 Å². The van der Waals surface area contributed by atoms with Crippen molar-refractivity contribution in [3.8, 4) is 0 Å². The molecule has 1 saturated heterocycles. The second-order valence-electron chi connectivity index (χ2n) is 6.49. The van der Waals surface area contributed by atoms with Crippen LogP contribution >= 0.6 is 0 Å². The molecule has 1 amide bonds. The maximum absolute atomic E-state index is 12.5. The van der Waals surface area contributed by atoms with Gasteiger partial charge in [-0.05, 0) is 49.9 Å². The van der Waals surface area contributed by atoms with Crippen LogP contribution in [0.1, 0.15) is 34.5 Å². The molecule has 2 unspecified atom stereocenters. The van der Waals surface area contributed by atoms with Crippen molar-refractivity contribution in [3.63, 3.8) is 0 Å². The summed E-state index contributed by atoms with van der Waals surface area (Å²) in [6.45, 7) is 5.00. The highest BCUT2D eigenvalue weighted by atomic mass is 16.5. The maximum atomic E-state index is 12.5. The first-order valence-electron chi connectivity index (χ1n) is 8.17. The third-order valence-electron chi connectivity index (χ3n) is 4.55. The zero-order valence-corrected chi connectivity index (χ0v) is 13.9. The van der Waals surface area contributed by atoms with E-state index in [9.17, 15) is 14.7 Å². The minimum absolute atomic E-state index is 0.200. The molecule has 0 spiro atoms. The van der Waals surface area contributed by atoms with E-state index >= 15 is 0 Å². The Labute approximate surface area is 140 Å². The molecule has 1 aromatic heterocycles. The van der Waals surface area contributed by atoms with Gasteiger partial charge in [-0.2, -0.15) is 0 Å². The highest BCUT2D eigenvalue weighted by molar-refractivity contribution is 6.00. The Morgan fingerprint density at radius 3 is 2.79 bits per heavy atom. The van der Waals surface area contributed by atoms with E-state index in [1.165, 1.54) is 0 Å². The Bertz CT molecular complexity index is 775. The number of carbonyl (C=O) groups is 2. The highest BCUT2D eigenvalue weighted by Gasteiger charge is 2.31. The molecule has 2 atom stereocenters. The van der Waals surface area contributed by atoms with Crippen molar-refractivity contribution in [2.45, 2.75) is 32.7 Å². The van der Waals surface area contributed by atoms with Crippen molar-refractivity contribution in [1.82, 2.24) is 10.3 Å². The average molecular weight is 330 g/mol. The predicted molar refractivity (Wildman–Crippen MR) is 90.2 cm³/mol. The maximum Gasteiger partial charge on any atom is 0.326 e. The molecule has 2 aromatic rings. The summed E-state index contributed by atoms with van der Waals surface area (Å²) in [5.74, 6) is -1.63. The molecule has 0 aliphatic carbocycles. The van der Waals surface area contributed by atoms with Crippen LogP contribution in [0.4, 0.5) is 0 Å². The van der Waals surface area contributed by atoms with Gasteiger partial charge in [-0.15, -0.1) is 0 Å². The van der Waals surface area contributed by atoms with E-state index < -0.39 is 17.9 Å². The average Bonchev–Trinajstić information content (AvgIpc) is 2.97. The molecule has 24 heavy (non-hydrogen) atoms.